The summed E-state index contributed by atoms with van der Waals surface area (Å²) in [4.78, 5) is 0. The number of benzene rings is 5. The van der Waals surface area contributed by atoms with Gasteiger partial charge in [0.1, 0.15) is 0 Å². The fraction of sp³-hybridized carbons (Fsp3) is 0.106. The molecule has 0 saturated carbocycles. The lowest BCUT2D eigenvalue weighted by Crippen LogP contribution is -2.43. The normalized spacial score (nSPS) is 21.2. The van der Waals surface area contributed by atoms with Crippen molar-refractivity contribution in [3.8, 4) is 22.3 Å². The van der Waals surface area contributed by atoms with Crippen molar-refractivity contribution in [1.29, 1.82) is 0 Å². The smallest absolute Gasteiger partial charge is 0.0919 e. The molecule has 3 heteroatoms. The van der Waals surface area contributed by atoms with Gasteiger partial charge >= 0.3 is 0 Å². The van der Waals surface area contributed by atoms with Crippen LogP contribution < -0.4 is 16.0 Å². The van der Waals surface area contributed by atoms with Crippen LogP contribution in [-0.2, 0) is 0 Å². The molecule has 5 aromatic rings. The highest BCUT2D eigenvalue weighted by Crippen LogP contribution is 2.44. The molecule has 4 aliphatic rings. The molecule has 5 aromatic carbocycles. The first-order valence-corrected chi connectivity index (χ1v) is 17.6. The van der Waals surface area contributed by atoms with Gasteiger partial charge in [-0.1, -0.05) is 158 Å². The Morgan fingerprint density at radius 3 is 1.94 bits per heavy atom. The van der Waals surface area contributed by atoms with E-state index in [1.165, 1.54) is 71.9 Å². The van der Waals surface area contributed by atoms with E-state index in [2.05, 4.69) is 180 Å². The quantitative estimate of drug-likeness (QED) is 0.171. The molecule has 2 atom stereocenters. The second kappa shape index (κ2) is 12.8. The molecule has 3 nitrogen and oxygen atoms in total. The maximum absolute atomic E-state index is 4.54. The number of hydrogen-bond donors (Lipinski definition) is 3. The van der Waals surface area contributed by atoms with Crippen molar-refractivity contribution in [1.82, 2.24) is 16.0 Å². The molecule has 0 aromatic heterocycles. The lowest BCUT2D eigenvalue weighted by atomic mass is 9.85. The summed E-state index contributed by atoms with van der Waals surface area (Å²) in [6, 6.07) is 37.6. The molecule has 3 heterocycles. The number of dihydropyridines is 1. The van der Waals surface area contributed by atoms with E-state index >= 15 is 0 Å². The predicted molar refractivity (Wildman–Crippen MR) is 210 cm³/mol. The monoisotopic (exact) mass is 645 g/mol. The highest BCUT2D eigenvalue weighted by Gasteiger charge is 2.29. The van der Waals surface area contributed by atoms with Crippen LogP contribution in [0.1, 0.15) is 24.4 Å². The van der Waals surface area contributed by atoms with Crippen molar-refractivity contribution < 1.29 is 0 Å². The van der Waals surface area contributed by atoms with E-state index in [4.69, 9.17) is 0 Å². The van der Waals surface area contributed by atoms with E-state index in [0.717, 1.165) is 30.7 Å². The number of hydrogen-bond acceptors (Lipinski definition) is 3. The fourth-order valence-electron chi connectivity index (χ4n) is 7.93. The molecule has 3 aliphatic heterocycles. The van der Waals surface area contributed by atoms with Gasteiger partial charge in [0.15, 0.2) is 0 Å². The summed E-state index contributed by atoms with van der Waals surface area (Å²) in [6.45, 7) is 5.49. The Balaban J connectivity index is 1.11. The first-order chi connectivity index (χ1) is 24.7. The fourth-order valence-corrected chi connectivity index (χ4v) is 7.93. The predicted octanol–water partition coefficient (Wildman–Crippen LogP) is 10.5. The van der Waals surface area contributed by atoms with E-state index in [0.29, 0.717) is 0 Å². The van der Waals surface area contributed by atoms with E-state index in [-0.39, 0.29) is 12.1 Å². The third kappa shape index (κ3) is 5.32. The Kier molecular flexibility index (Phi) is 7.66. The Morgan fingerprint density at radius 2 is 1.24 bits per heavy atom. The number of rotatable bonds is 3. The van der Waals surface area contributed by atoms with Gasteiger partial charge in [0.25, 0.3) is 0 Å². The van der Waals surface area contributed by atoms with Crippen LogP contribution in [0.4, 0.5) is 0 Å². The van der Waals surface area contributed by atoms with Gasteiger partial charge in [0, 0.05) is 24.4 Å². The standard InChI is InChI=1S/C47H39N3/c1-31-14-4-2-7-22-41-42(30-36-28-27-34-17-12-13-29-48-46(34)47(36)49-41)50-45(31)35-25-23-33(24-26-35)44-39-20-10-8-18-37(39)43(32-15-5-3-6-16-32)38-19-9-11-21-40(38)44/h2-12,14-21,23-28,30,45,47-50H,1,13,22,29H2/b7-2-,14-4-. The van der Waals surface area contributed by atoms with Gasteiger partial charge in [-0.05, 0) is 78.6 Å². The molecule has 50 heavy (non-hydrogen) atoms. The molecular weight excluding hydrogens is 607 g/mol. The summed E-state index contributed by atoms with van der Waals surface area (Å²) in [5, 5.41) is 16.6. The molecular formula is C47H39N3. The summed E-state index contributed by atoms with van der Waals surface area (Å²) in [5.41, 5.74) is 13.3. The molecule has 2 unspecified atom stereocenters. The number of nitrogens with one attached hydrogen (secondary N) is 3. The lowest BCUT2D eigenvalue weighted by Gasteiger charge is -2.35. The molecule has 9 rings (SSSR count). The third-order valence-corrected chi connectivity index (χ3v) is 10.3. The van der Waals surface area contributed by atoms with Crippen molar-refractivity contribution in [3.63, 3.8) is 0 Å². The van der Waals surface area contributed by atoms with Crippen LogP contribution in [0.15, 0.2) is 198 Å². The van der Waals surface area contributed by atoms with E-state index in [1.54, 1.807) is 0 Å². The number of fused-ring (bicyclic) bond motifs is 4. The second-order valence-corrected chi connectivity index (χ2v) is 13.4. The van der Waals surface area contributed by atoms with Crippen molar-refractivity contribution in [3.05, 3.63) is 204 Å². The summed E-state index contributed by atoms with van der Waals surface area (Å²) < 4.78 is 0. The topological polar surface area (TPSA) is 36.1 Å². The Morgan fingerprint density at radius 1 is 0.580 bits per heavy atom. The highest BCUT2D eigenvalue weighted by molar-refractivity contribution is 6.21. The van der Waals surface area contributed by atoms with Gasteiger partial charge in [0.05, 0.1) is 17.8 Å². The molecule has 0 saturated heterocycles. The molecule has 242 valence electrons. The zero-order valence-electron chi connectivity index (χ0n) is 28.0. The van der Waals surface area contributed by atoms with Crippen molar-refractivity contribution in [2.45, 2.75) is 24.9 Å². The van der Waals surface area contributed by atoms with Gasteiger partial charge in [-0.3, -0.25) is 0 Å². The van der Waals surface area contributed by atoms with Gasteiger partial charge in [-0.2, -0.15) is 0 Å². The largest absolute Gasteiger partial charge is 0.386 e. The summed E-state index contributed by atoms with van der Waals surface area (Å²) >= 11 is 0. The van der Waals surface area contributed by atoms with E-state index in [1.807, 2.05) is 0 Å². The van der Waals surface area contributed by atoms with E-state index in [9.17, 15) is 0 Å². The minimum atomic E-state index is -0.0952. The van der Waals surface area contributed by atoms with Crippen molar-refractivity contribution in [2.24, 2.45) is 0 Å². The zero-order valence-corrected chi connectivity index (χ0v) is 28.0. The van der Waals surface area contributed by atoms with Crippen LogP contribution in [-0.4, -0.2) is 12.6 Å². The average Bonchev–Trinajstić information content (AvgIpc) is 3.42. The Hall–Kier alpha value is -6.06. The maximum atomic E-state index is 4.54. The van der Waals surface area contributed by atoms with Crippen LogP contribution in [0.25, 0.3) is 43.8 Å². The van der Waals surface area contributed by atoms with Gasteiger partial charge < -0.3 is 16.0 Å². The molecule has 0 amide bonds. The zero-order chi connectivity index (χ0) is 33.4. The van der Waals surface area contributed by atoms with Gasteiger partial charge in [0.2, 0.25) is 0 Å². The first kappa shape index (κ1) is 30.0. The van der Waals surface area contributed by atoms with Crippen LogP contribution in [0, 0.1) is 0 Å². The van der Waals surface area contributed by atoms with E-state index < -0.39 is 0 Å². The highest BCUT2D eigenvalue weighted by atomic mass is 15.1. The molecule has 1 aliphatic carbocycles. The first-order valence-electron chi connectivity index (χ1n) is 17.6. The average molecular weight is 646 g/mol. The Bertz CT molecular complexity index is 2320. The summed E-state index contributed by atoms with van der Waals surface area (Å²) in [5.74, 6) is 0. The second-order valence-electron chi connectivity index (χ2n) is 13.4. The van der Waals surface area contributed by atoms with Crippen molar-refractivity contribution >= 4 is 21.5 Å². The SMILES string of the molecule is C=C1/C=C\C=C/CC2=C(C=C3C=CC4=C(NCCC=C4)C3N2)NC1c1ccc(-c2c3ccccc3c(-c3ccccc3)c3ccccc23)cc1. The minimum Gasteiger partial charge on any atom is -0.386 e. The molecule has 3 N–H and O–H groups in total. The number of allylic oxidation sites excluding steroid dienone is 7. The van der Waals surface area contributed by atoms with Crippen LogP contribution in [0.3, 0.4) is 0 Å². The molecule has 0 fully saturated rings. The summed E-state index contributed by atoms with van der Waals surface area (Å²) in [6.07, 6.45) is 21.7. The van der Waals surface area contributed by atoms with Crippen LogP contribution in [0.5, 0.6) is 0 Å². The summed E-state index contributed by atoms with van der Waals surface area (Å²) in [7, 11) is 0. The Labute approximate surface area is 294 Å². The molecule has 0 radical (unpaired) electrons. The third-order valence-electron chi connectivity index (χ3n) is 10.3. The van der Waals surface area contributed by atoms with Gasteiger partial charge in [-0.15, -0.1) is 0 Å². The molecule has 0 spiro atoms. The lowest BCUT2D eigenvalue weighted by molar-refractivity contribution is 0.602. The molecule has 0 bridgehead atoms. The maximum Gasteiger partial charge on any atom is 0.0919 e. The van der Waals surface area contributed by atoms with Crippen LogP contribution in [0.2, 0.25) is 0 Å². The van der Waals surface area contributed by atoms with Gasteiger partial charge in [-0.25, -0.2) is 0 Å². The van der Waals surface area contributed by atoms with Crippen molar-refractivity contribution in [2.75, 3.05) is 6.54 Å². The minimum absolute atomic E-state index is 0.0952. The van der Waals surface area contributed by atoms with Crippen LogP contribution >= 0.6 is 0 Å².